The monoisotopic (exact) mass is 426 g/mol. The fourth-order valence-electron chi connectivity index (χ4n) is 4.86. The highest BCUT2D eigenvalue weighted by molar-refractivity contribution is 5.85. The molecule has 1 amide bonds. The van der Waals surface area contributed by atoms with Crippen LogP contribution in [-0.4, -0.2) is 10.5 Å². The molecule has 4 aromatic rings. The number of amides is 1. The van der Waals surface area contributed by atoms with E-state index >= 15 is 0 Å². The normalized spacial score (nSPS) is 15.5. The van der Waals surface area contributed by atoms with Gasteiger partial charge in [-0.3, -0.25) is 4.79 Å². The van der Waals surface area contributed by atoms with Crippen molar-refractivity contribution in [3.63, 3.8) is 0 Å². The number of nitrogens with one attached hydrogen (secondary N) is 1. The summed E-state index contributed by atoms with van der Waals surface area (Å²) >= 11 is 0. The molecule has 1 aromatic heterocycles. The number of carbonyl (C=O) groups excluding carboxylic acids is 1. The molecule has 162 valence electrons. The number of nitrogens with zero attached hydrogens (tertiary/aromatic N) is 1. The minimum atomic E-state index is -0.224. The number of aryl methyl sites for hydroxylation is 2. The van der Waals surface area contributed by atoms with Gasteiger partial charge in [0.15, 0.2) is 0 Å². The Bertz CT molecular complexity index is 1240. The molecule has 32 heavy (non-hydrogen) atoms. The molecule has 0 bridgehead atoms. The number of fused-ring (bicyclic) bond motifs is 2. The highest BCUT2D eigenvalue weighted by atomic mass is 19.1. The second-order valence-electron chi connectivity index (χ2n) is 8.64. The third-order valence-corrected chi connectivity index (χ3v) is 6.46. The molecule has 0 saturated heterocycles. The van der Waals surface area contributed by atoms with Crippen molar-refractivity contribution < 1.29 is 9.18 Å². The summed E-state index contributed by atoms with van der Waals surface area (Å²) in [5.74, 6) is -0.125. The molecule has 0 spiro atoms. The van der Waals surface area contributed by atoms with Crippen LogP contribution in [0.15, 0.2) is 79.0 Å². The maximum atomic E-state index is 13.3. The Morgan fingerprint density at radius 3 is 2.66 bits per heavy atom. The second-order valence-corrected chi connectivity index (χ2v) is 8.64. The number of hydrogen-bond acceptors (Lipinski definition) is 1. The van der Waals surface area contributed by atoms with Crippen LogP contribution in [0.5, 0.6) is 0 Å². The predicted octanol–water partition coefficient (Wildman–Crippen LogP) is 5.96. The first kappa shape index (κ1) is 20.5. The Morgan fingerprint density at radius 1 is 1.00 bits per heavy atom. The minimum Gasteiger partial charge on any atom is -0.349 e. The van der Waals surface area contributed by atoms with Gasteiger partial charge in [0, 0.05) is 30.1 Å². The summed E-state index contributed by atoms with van der Waals surface area (Å²) in [7, 11) is 0. The van der Waals surface area contributed by atoms with Gasteiger partial charge in [-0.05, 0) is 66.1 Å². The van der Waals surface area contributed by atoms with Crippen LogP contribution in [0.3, 0.4) is 0 Å². The van der Waals surface area contributed by atoms with E-state index in [1.807, 2.05) is 24.3 Å². The van der Waals surface area contributed by atoms with Gasteiger partial charge in [0.05, 0.1) is 6.04 Å². The van der Waals surface area contributed by atoms with Gasteiger partial charge in [-0.1, -0.05) is 54.6 Å². The maximum absolute atomic E-state index is 13.3. The maximum Gasteiger partial charge on any atom is 0.220 e. The Kier molecular flexibility index (Phi) is 5.76. The molecule has 0 saturated carbocycles. The Balaban J connectivity index is 1.29. The van der Waals surface area contributed by atoms with Crippen molar-refractivity contribution in [2.75, 3.05) is 0 Å². The van der Waals surface area contributed by atoms with E-state index in [2.05, 4.69) is 52.5 Å². The van der Waals surface area contributed by atoms with Crippen molar-refractivity contribution >= 4 is 16.8 Å². The fourth-order valence-corrected chi connectivity index (χ4v) is 4.86. The summed E-state index contributed by atoms with van der Waals surface area (Å²) in [6, 6.07) is 23.5. The minimum absolute atomic E-state index is 0.0991. The standard InChI is InChI=1S/C28H27FN2O/c29-23-15-12-20(13-16-23)18-31-19-22(25-9-3-4-11-27(25)31)14-17-28(32)30-26-10-5-7-21-6-1-2-8-24(21)26/h1-4,6,8-9,11-13,15-16,19,26H,5,7,10,14,17-18H2,(H,30,32). The first-order valence-electron chi connectivity index (χ1n) is 11.4. The number of carbonyl (C=O) groups is 1. The summed E-state index contributed by atoms with van der Waals surface area (Å²) in [5, 5.41) is 4.44. The van der Waals surface area contributed by atoms with Crippen LogP contribution >= 0.6 is 0 Å². The van der Waals surface area contributed by atoms with Crippen molar-refractivity contribution in [1.29, 1.82) is 0 Å². The van der Waals surface area contributed by atoms with Crippen LogP contribution in [-0.2, 0) is 24.2 Å². The third kappa shape index (κ3) is 4.31. The van der Waals surface area contributed by atoms with Gasteiger partial charge in [0.2, 0.25) is 5.91 Å². The Hall–Kier alpha value is -3.40. The molecule has 5 rings (SSSR count). The zero-order valence-corrected chi connectivity index (χ0v) is 18.1. The number of benzene rings is 3. The van der Waals surface area contributed by atoms with E-state index < -0.39 is 0 Å². The lowest BCUT2D eigenvalue weighted by molar-refractivity contribution is -0.121. The molecule has 3 nitrogen and oxygen atoms in total. The first-order chi connectivity index (χ1) is 15.7. The summed E-state index contributed by atoms with van der Waals surface area (Å²) in [4.78, 5) is 12.8. The van der Waals surface area contributed by atoms with Gasteiger partial charge in [-0.25, -0.2) is 4.39 Å². The van der Waals surface area contributed by atoms with Crippen molar-refractivity contribution in [2.45, 2.75) is 44.7 Å². The lowest BCUT2D eigenvalue weighted by atomic mass is 9.87. The van der Waals surface area contributed by atoms with Crippen LogP contribution in [0.2, 0.25) is 0 Å². The van der Waals surface area contributed by atoms with Crippen LogP contribution < -0.4 is 5.32 Å². The van der Waals surface area contributed by atoms with Gasteiger partial charge in [-0.2, -0.15) is 0 Å². The molecule has 4 heteroatoms. The molecular weight excluding hydrogens is 399 g/mol. The largest absolute Gasteiger partial charge is 0.349 e. The number of aromatic nitrogens is 1. The summed E-state index contributed by atoms with van der Waals surface area (Å²) in [5.41, 5.74) is 5.97. The molecule has 1 heterocycles. The summed E-state index contributed by atoms with van der Waals surface area (Å²) < 4.78 is 15.5. The molecule has 0 fully saturated rings. The predicted molar refractivity (Wildman–Crippen MR) is 126 cm³/mol. The molecular formula is C28H27FN2O. The first-order valence-corrected chi connectivity index (χ1v) is 11.4. The van der Waals surface area contributed by atoms with E-state index in [1.165, 1.54) is 34.2 Å². The number of rotatable bonds is 6. The lowest BCUT2D eigenvalue weighted by Crippen LogP contribution is -2.31. The Labute approximate surface area is 187 Å². The van der Waals surface area contributed by atoms with E-state index in [1.54, 1.807) is 0 Å². The zero-order valence-electron chi connectivity index (χ0n) is 18.1. The summed E-state index contributed by atoms with van der Waals surface area (Å²) in [6.45, 7) is 0.672. The smallest absolute Gasteiger partial charge is 0.220 e. The molecule has 1 unspecified atom stereocenters. The van der Waals surface area contributed by atoms with Gasteiger partial charge >= 0.3 is 0 Å². The van der Waals surface area contributed by atoms with Crippen LogP contribution in [0.25, 0.3) is 10.9 Å². The highest BCUT2D eigenvalue weighted by Crippen LogP contribution is 2.30. The molecule has 0 radical (unpaired) electrons. The van der Waals surface area contributed by atoms with Gasteiger partial charge in [0.1, 0.15) is 5.82 Å². The molecule has 3 aromatic carbocycles. The molecule has 1 atom stereocenters. The van der Waals surface area contributed by atoms with Crippen molar-refractivity contribution in [1.82, 2.24) is 9.88 Å². The topological polar surface area (TPSA) is 34.0 Å². The lowest BCUT2D eigenvalue weighted by Gasteiger charge is -2.26. The van der Waals surface area contributed by atoms with Gasteiger partial charge < -0.3 is 9.88 Å². The van der Waals surface area contributed by atoms with E-state index in [0.29, 0.717) is 19.4 Å². The fraction of sp³-hybridized carbons (Fsp3) is 0.250. The van der Waals surface area contributed by atoms with Crippen molar-refractivity contribution in [3.8, 4) is 0 Å². The number of para-hydroxylation sites is 1. The quantitative estimate of drug-likeness (QED) is 0.406. The number of hydrogen-bond donors (Lipinski definition) is 1. The van der Waals surface area contributed by atoms with Crippen LogP contribution in [0, 0.1) is 5.82 Å². The molecule has 1 aliphatic carbocycles. The van der Waals surface area contributed by atoms with E-state index in [4.69, 9.17) is 0 Å². The average Bonchev–Trinajstić information content (AvgIpc) is 3.17. The molecule has 0 aliphatic heterocycles. The van der Waals surface area contributed by atoms with E-state index in [0.717, 1.165) is 30.3 Å². The molecule has 1 aliphatic rings. The number of halogens is 1. The third-order valence-electron chi connectivity index (χ3n) is 6.46. The summed E-state index contributed by atoms with van der Waals surface area (Å²) in [6.07, 6.45) is 6.49. The van der Waals surface area contributed by atoms with E-state index in [-0.39, 0.29) is 17.8 Å². The highest BCUT2D eigenvalue weighted by Gasteiger charge is 2.21. The van der Waals surface area contributed by atoms with Gasteiger partial charge in [-0.15, -0.1) is 0 Å². The SMILES string of the molecule is O=C(CCc1cn(Cc2ccc(F)cc2)c2ccccc12)NC1CCCc2ccccc21. The average molecular weight is 427 g/mol. The molecule has 1 N–H and O–H groups in total. The van der Waals surface area contributed by atoms with Crippen molar-refractivity contribution in [2.24, 2.45) is 0 Å². The van der Waals surface area contributed by atoms with Gasteiger partial charge in [0.25, 0.3) is 0 Å². The van der Waals surface area contributed by atoms with Crippen molar-refractivity contribution in [3.05, 3.63) is 107 Å². The second kappa shape index (κ2) is 8.99. The van der Waals surface area contributed by atoms with E-state index in [9.17, 15) is 9.18 Å². The Morgan fingerprint density at radius 2 is 1.78 bits per heavy atom. The van der Waals surface area contributed by atoms with Crippen LogP contribution in [0.1, 0.15) is 47.6 Å². The van der Waals surface area contributed by atoms with Crippen LogP contribution in [0.4, 0.5) is 4.39 Å². The zero-order chi connectivity index (χ0) is 21.9.